The van der Waals surface area contributed by atoms with Gasteiger partial charge in [-0.25, -0.2) is 4.90 Å². The van der Waals surface area contributed by atoms with Gasteiger partial charge >= 0.3 is 0 Å². The van der Waals surface area contributed by atoms with Gasteiger partial charge in [-0.15, -0.1) is 0 Å². The molecule has 8 nitrogen and oxygen atoms in total. The Hall–Kier alpha value is -3.26. The van der Waals surface area contributed by atoms with Crippen molar-refractivity contribution in [2.24, 2.45) is 10.3 Å². The number of carbonyl (C=O) groups is 3. The van der Waals surface area contributed by atoms with Gasteiger partial charge in [0.1, 0.15) is 6.54 Å². The lowest BCUT2D eigenvalue weighted by atomic mass is 10.1. The summed E-state index contributed by atoms with van der Waals surface area (Å²) in [6.07, 6.45) is 0. The summed E-state index contributed by atoms with van der Waals surface area (Å²) in [7, 11) is 0. The van der Waals surface area contributed by atoms with Crippen LogP contribution in [0.4, 0.5) is 11.4 Å². The van der Waals surface area contributed by atoms with Crippen molar-refractivity contribution in [2.45, 2.75) is 32.9 Å². The zero-order chi connectivity index (χ0) is 21.6. The van der Waals surface area contributed by atoms with Crippen molar-refractivity contribution in [3.8, 4) is 0 Å². The first-order valence-electron chi connectivity index (χ1n) is 9.45. The van der Waals surface area contributed by atoms with Gasteiger partial charge in [-0.1, -0.05) is 29.0 Å². The van der Waals surface area contributed by atoms with Gasteiger partial charge in [0.25, 0.3) is 11.8 Å². The fourth-order valence-electron chi connectivity index (χ4n) is 3.54. The summed E-state index contributed by atoms with van der Waals surface area (Å²) in [4.78, 5) is 39.5. The highest BCUT2D eigenvalue weighted by Gasteiger charge is 2.55. The highest BCUT2D eigenvalue weighted by atomic mass is 35.5. The van der Waals surface area contributed by atoms with Crippen LogP contribution in [0.15, 0.2) is 46.7 Å². The highest BCUT2D eigenvalue weighted by Crippen LogP contribution is 2.32. The molecule has 154 valence electrons. The van der Waals surface area contributed by atoms with Crippen molar-refractivity contribution in [1.82, 2.24) is 5.01 Å². The quantitative estimate of drug-likeness (QED) is 0.761. The minimum absolute atomic E-state index is 0.212. The number of rotatable bonds is 4. The van der Waals surface area contributed by atoms with Crippen molar-refractivity contribution in [3.05, 3.63) is 58.1 Å². The van der Waals surface area contributed by atoms with Gasteiger partial charge in [0, 0.05) is 10.7 Å². The van der Waals surface area contributed by atoms with E-state index < -0.39 is 23.9 Å². The molecule has 2 aliphatic rings. The van der Waals surface area contributed by atoms with Gasteiger partial charge in [0.2, 0.25) is 5.91 Å². The van der Waals surface area contributed by atoms with Crippen molar-refractivity contribution >= 4 is 40.7 Å². The lowest BCUT2D eigenvalue weighted by Crippen LogP contribution is -2.43. The summed E-state index contributed by atoms with van der Waals surface area (Å²) < 4.78 is 0. The predicted molar refractivity (Wildman–Crippen MR) is 112 cm³/mol. The van der Waals surface area contributed by atoms with E-state index in [2.05, 4.69) is 15.7 Å². The molecule has 2 aromatic carbocycles. The summed E-state index contributed by atoms with van der Waals surface area (Å²) in [6.45, 7) is 5.51. The molecule has 0 unspecified atom stereocenters. The zero-order valence-electron chi connectivity index (χ0n) is 16.7. The first-order valence-corrected chi connectivity index (χ1v) is 9.82. The monoisotopic (exact) mass is 425 g/mol. The summed E-state index contributed by atoms with van der Waals surface area (Å²) in [5.41, 5.74) is 3.95. The first-order chi connectivity index (χ1) is 14.3. The topological polar surface area (TPSA) is 94.4 Å². The summed E-state index contributed by atoms with van der Waals surface area (Å²) in [5, 5.41) is 12.4. The van der Waals surface area contributed by atoms with E-state index in [1.54, 1.807) is 30.3 Å². The number of nitrogens with zero attached hydrogens (tertiary/aromatic N) is 4. The molecule has 0 aromatic heterocycles. The second kappa shape index (κ2) is 7.53. The number of imide groups is 1. The van der Waals surface area contributed by atoms with E-state index in [1.165, 1.54) is 5.01 Å². The fourth-order valence-corrected chi connectivity index (χ4v) is 3.71. The van der Waals surface area contributed by atoms with Gasteiger partial charge in [0.05, 0.1) is 5.69 Å². The normalized spacial score (nSPS) is 20.1. The number of fused-ring (bicyclic) bond motifs is 1. The zero-order valence-corrected chi connectivity index (χ0v) is 17.5. The standard InChI is InChI=1S/C21H20ClN5O3/c1-11-5-7-15(8-13(11)3)27-20(29)18-19(21(27)30)26(25-24-18)10-17(28)23-16-9-14(22)6-4-12(16)2/h4-9,18-19H,10H2,1-3H3,(H,23,28)/t18-,19+/m0/s1. The second-order valence-electron chi connectivity index (χ2n) is 7.48. The molecule has 2 aromatic rings. The second-order valence-corrected chi connectivity index (χ2v) is 7.92. The highest BCUT2D eigenvalue weighted by molar-refractivity contribution is 6.31. The van der Waals surface area contributed by atoms with Crippen LogP contribution in [-0.2, 0) is 14.4 Å². The number of benzene rings is 2. The lowest BCUT2D eigenvalue weighted by molar-refractivity contribution is -0.123. The molecule has 1 saturated heterocycles. The Morgan fingerprint density at radius 2 is 1.77 bits per heavy atom. The molecule has 9 heteroatoms. The average Bonchev–Trinajstić information content (AvgIpc) is 3.21. The van der Waals surface area contributed by atoms with Crippen LogP contribution in [0.5, 0.6) is 0 Å². The predicted octanol–water partition coefficient (Wildman–Crippen LogP) is 3.20. The Morgan fingerprint density at radius 3 is 2.50 bits per heavy atom. The summed E-state index contributed by atoms with van der Waals surface area (Å²) in [5.74, 6) is -1.26. The van der Waals surface area contributed by atoms with Crippen LogP contribution in [0.2, 0.25) is 5.02 Å². The van der Waals surface area contributed by atoms with Gasteiger partial charge in [0.15, 0.2) is 12.1 Å². The number of hydrogen-bond donors (Lipinski definition) is 1. The van der Waals surface area contributed by atoms with Crippen LogP contribution in [-0.4, -0.2) is 41.4 Å². The number of halogens is 1. The van der Waals surface area contributed by atoms with Crippen LogP contribution in [0.25, 0.3) is 0 Å². The number of carbonyl (C=O) groups excluding carboxylic acids is 3. The molecular formula is C21H20ClN5O3. The average molecular weight is 426 g/mol. The van der Waals surface area contributed by atoms with Gasteiger partial charge < -0.3 is 5.32 Å². The first kappa shape index (κ1) is 20.0. The van der Waals surface area contributed by atoms with E-state index in [9.17, 15) is 14.4 Å². The molecular weight excluding hydrogens is 406 g/mol. The maximum atomic E-state index is 13.0. The molecule has 0 saturated carbocycles. The van der Waals surface area contributed by atoms with Crippen LogP contribution in [0.3, 0.4) is 0 Å². The molecule has 30 heavy (non-hydrogen) atoms. The number of amides is 3. The minimum atomic E-state index is -0.945. The van der Waals surface area contributed by atoms with Crippen molar-refractivity contribution in [3.63, 3.8) is 0 Å². The molecule has 1 fully saturated rings. The SMILES string of the molecule is Cc1ccc(N2C(=O)[C@H]3N=NN(CC(=O)Nc4cc(Cl)ccc4C)[C@H]3C2=O)cc1C. The molecule has 4 rings (SSSR count). The van der Waals surface area contributed by atoms with Crippen LogP contribution in [0, 0.1) is 20.8 Å². The van der Waals surface area contributed by atoms with Crippen LogP contribution in [0.1, 0.15) is 16.7 Å². The summed E-state index contributed by atoms with van der Waals surface area (Å²) in [6, 6.07) is 8.69. The molecule has 0 spiro atoms. The lowest BCUT2D eigenvalue weighted by Gasteiger charge is -2.21. The van der Waals surface area contributed by atoms with E-state index in [0.717, 1.165) is 21.6 Å². The van der Waals surface area contributed by atoms with E-state index in [1.807, 2.05) is 26.8 Å². The molecule has 0 radical (unpaired) electrons. The van der Waals surface area contributed by atoms with E-state index in [0.29, 0.717) is 16.4 Å². The van der Waals surface area contributed by atoms with E-state index in [-0.39, 0.29) is 12.5 Å². The number of aryl methyl sites for hydroxylation is 3. The molecule has 2 aliphatic heterocycles. The molecule has 0 aliphatic carbocycles. The Labute approximate surface area is 178 Å². The smallest absolute Gasteiger partial charge is 0.263 e. The third-order valence-corrected chi connectivity index (χ3v) is 5.62. The summed E-state index contributed by atoms with van der Waals surface area (Å²) >= 11 is 5.99. The number of anilines is 2. The van der Waals surface area contributed by atoms with Crippen molar-refractivity contribution < 1.29 is 14.4 Å². The van der Waals surface area contributed by atoms with Gasteiger partial charge in [-0.05, 0) is 61.7 Å². The Morgan fingerprint density at radius 1 is 1.03 bits per heavy atom. The number of nitrogens with one attached hydrogen (secondary N) is 1. The molecule has 2 heterocycles. The molecule has 1 N–H and O–H groups in total. The van der Waals surface area contributed by atoms with Crippen molar-refractivity contribution in [2.75, 3.05) is 16.8 Å². The Kier molecular flexibility index (Phi) is 5.03. The van der Waals surface area contributed by atoms with Gasteiger partial charge in [-0.2, -0.15) is 5.11 Å². The maximum absolute atomic E-state index is 13.0. The fraction of sp³-hybridized carbons (Fsp3) is 0.286. The third kappa shape index (κ3) is 3.43. The largest absolute Gasteiger partial charge is 0.324 e. The molecule has 3 amide bonds. The number of hydrogen-bond acceptors (Lipinski definition) is 6. The third-order valence-electron chi connectivity index (χ3n) is 5.39. The molecule has 0 bridgehead atoms. The maximum Gasteiger partial charge on any atom is 0.263 e. The minimum Gasteiger partial charge on any atom is -0.324 e. The van der Waals surface area contributed by atoms with Gasteiger partial charge in [-0.3, -0.25) is 19.4 Å². The van der Waals surface area contributed by atoms with E-state index >= 15 is 0 Å². The Bertz CT molecular complexity index is 1100. The van der Waals surface area contributed by atoms with Crippen molar-refractivity contribution in [1.29, 1.82) is 0 Å². The molecule has 2 atom stereocenters. The van der Waals surface area contributed by atoms with Crippen LogP contribution < -0.4 is 10.2 Å². The van der Waals surface area contributed by atoms with E-state index in [4.69, 9.17) is 11.6 Å². The van der Waals surface area contributed by atoms with Crippen LogP contribution >= 0.6 is 11.6 Å². The Balaban J connectivity index is 1.51.